The van der Waals surface area contributed by atoms with Crippen molar-refractivity contribution in [2.45, 2.75) is 32.4 Å². The fourth-order valence-electron chi connectivity index (χ4n) is 1.50. The van der Waals surface area contributed by atoms with E-state index >= 15 is 0 Å². The van der Waals surface area contributed by atoms with Crippen molar-refractivity contribution in [1.29, 1.82) is 0 Å². The van der Waals surface area contributed by atoms with Gasteiger partial charge < -0.3 is 15.8 Å². The molecule has 0 aromatic heterocycles. The van der Waals surface area contributed by atoms with Gasteiger partial charge in [-0.15, -0.1) is 0 Å². The van der Waals surface area contributed by atoms with Crippen molar-refractivity contribution in [3.05, 3.63) is 29.8 Å². The van der Waals surface area contributed by atoms with E-state index in [2.05, 4.69) is 5.32 Å². The third-order valence-electron chi connectivity index (χ3n) is 2.42. The van der Waals surface area contributed by atoms with Crippen molar-refractivity contribution in [2.75, 3.05) is 12.4 Å². The minimum Gasteiger partial charge on any atom is -0.380 e. The molecular weight excluding hydrogens is 216 g/mol. The van der Waals surface area contributed by atoms with Crippen LogP contribution >= 0.6 is 0 Å². The second-order valence-corrected chi connectivity index (χ2v) is 4.15. The average Bonchev–Trinajstić information content (AvgIpc) is 2.29. The van der Waals surface area contributed by atoms with Gasteiger partial charge in [-0.25, -0.2) is 0 Å². The van der Waals surface area contributed by atoms with Crippen LogP contribution in [0, 0.1) is 0 Å². The highest BCUT2D eigenvalue weighted by Gasteiger charge is 2.07. The Morgan fingerprint density at radius 1 is 1.47 bits per heavy atom. The summed E-state index contributed by atoms with van der Waals surface area (Å²) in [4.78, 5) is 11.7. The summed E-state index contributed by atoms with van der Waals surface area (Å²) in [5, 5.41) is 2.88. The molecule has 1 unspecified atom stereocenters. The van der Waals surface area contributed by atoms with E-state index in [1.165, 1.54) is 0 Å². The predicted octanol–water partition coefficient (Wildman–Crippen LogP) is 1.90. The molecule has 0 fully saturated rings. The van der Waals surface area contributed by atoms with Crippen LogP contribution in [0.4, 0.5) is 5.69 Å². The lowest BCUT2D eigenvalue weighted by molar-refractivity contribution is -0.116. The molecule has 4 nitrogen and oxygen atoms in total. The number of methoxy groups -OCH3 is 1. The van der Waals surface area contributed by atoms with Crippen molar-refractivity contribution >= 4 is 11.6 Å². The molecule has 0 heterocycles. The molecular formula is C13H20N2O2. The summed E-state index contributed by atoms with van der Waals surface area (Å²) in [7, 11) is 1.63. The Hall–Kier alpha value is -1.39. The van der Waals surface area contributed by atoms with Gasteiger partial charge in [0.15, 0.2) is 0 Å². The molecule has 1 amide bonds. The molecule has 3 N–H and O–H groups in total. The highest BCUT2D eigenvalue weighted by atomic mass is 16.5. The van der Waals surface area contributed by atoms with Gasteiger partial charge in [0, 0.05) is 30.8 Å². The lowest BCUT2D eigenvalue weighted by Gasteiger charge is -2.11. The molecule has 0 aliphatic carbocycles. The largest absolute Gasteiger partial charge is 0.380 e. The molecule has 0 saturated heterocycles. The Labute approximate surface area is 102 Å². The first-order chi connectivity index (χ1) is 8.13. The van der Waals surface area contributed by atoms with Crippen LogP contribution in [0.15, 0.2) is 24.3 Å². The van der Waals surface area contributed by atoms with Crippen LogP contribution in [0.25, 0.3) is 0 Å². The SMILES string of the molecule is COCc1ccccc1NC(=O)CCC(C)N. The number of carbonyl (C=O) groups is 1. The number of nitrogens with two attached hydrogens (primary N) is 1. The van der Waals surface area contributed by atoms with E-state index < -0.39 is 0 Å². The van der Waals surface area contributed by atoms with Crippen molar-refractivity contribution < 1.29 is 9.53 Å². The zero-order valence-electron chi connectivity index (χ0n) is 10.4. The van der Waals surface area contributed by atoms with Gasteiger partial charge in [0.05, 0.1) is 6.61 Å². The highest BCUT2D eigenvalue weighted by molar-refractivity contribution is 5.91. The minimum absolute atomic E-state index is 0.00847. The second-order valence-electron chi connectivity index (χ2n) is 4.15. The molecule has 4 heteroatoms. The second kappa shape index (κ2) is 7.04. The molecule has 0 spiro atoms. The first-order valence-electron chi connectivity index (χ1n) is 5.75. The van der Waals surface area contributed by atoms with Crippen LogP contribution in [0.2, 0.25) is 0 Å². The maximum Gasteiger partial charge on any atom is 0.224 e. The number of hydrogen-bond acceptors (Lipinski definition) is 3. The Bertz CT molecular complexity index is 364. The van der Waals surface area contributed by atoms with Gasteiger partial charge in [-0.3, -0.25) is 4.79 Å². The first-order valence-corrected chi connectivity index (χ1v) is 5.75. The van der Waals surface area contributed by atoms with Gasteiger partial charge in [-0.1, -0.05) is 18.2 Å². The zero-order valence-corrected chi connectivity index (χ0v) is 10.4. The standard InChI is InChI=1S/C13H20N2O2/c1-10(14)7-8-13(16)15-12-6-4-3-5-11(12)9-17-2/h3-6,10H,7-9,14H2,1-2H3,(H,15,16). The summed E-state index contributed by atoms with van der Waals surface area (Å²) < 4.78 is 5.08. The van der Waals surface area contributed by atoms with Crippen molar-refractivity contribution in [2.24, 2.45) is 5.73 Å². The van der Waals surface area contributed by atoms with E-state index in [1.54, 1.807) is 7.11 Å². The molecule has 1 atom stereocenters. The monoisotopic (exact) mass is 236 g/mol. The Morgan fingerprint density at radius 3 is 2.82 bits per heavy atom. The third-order valence-corrected chi connectivity index (χ3v) is 2.42. The van der Waals surface area contributed by atoms with Crippen LogP contribution < -0.4 is 11.1 Å². The number of amides is 1. The van der Waals surface area contributed by atoms with Crippen molar-refractivity contribution in [3.63, 3.8) is 0 Å². The lowest BCUT2D eigenvalue weighted by atomic mass is 10.1. The van der Waals surface area contributed by atoms with Crippen molar-refractivity contribution in [1.82, 2.24) is 0 Å². The Kier molecular flexibility index (Phi) is 5.66. The van der Waals surface area contributed by atoms with Crippen LogP contribution in [-0.4, -0.2) is 19.1 Å². The van der Waals surface area contributed by atoms with E-state index in [-0.39, 0.29) is 11.9 Å². The van der Waals surface area contributed by atoms with E-state index in [4.69, 9.17) is 10.5 Å². The smallest absolute Gasteiger partial charge is 0.224 e. The molecule has 1 rings (SSSR count). The average molecular weight is 236 g/mol. The van der Waals surface area contributed by atoms with Crippen molar-refractivity contribution in [3.8, 4) is 0 Å². The van der Waals surface area contributed by atoms with Crippen LogP contribution in [-0.2, 0) is 16.1 Å². The van der Waals surface area contributed by atoms with E-state index in [0.717, 1.165) is 11.3 Å². The molecule has 0 bridgehead atoms. The van der Waals surface area contributed by atoms with E-state index in [9.17, 15) is 4.79 Å². The number of benzene rings is 1. The van der Waals surface area contributed by atoms with Gasteiger partial charge in [-0.2, -0.15) is 0 Å². The molecule has 1 aromatic rings. The zero-order chi connectivity index (χ0) is 12.7. The maximum absolute atomic E-state index is 11.7. The maximum atomic E-state index is 11.7. The Morgan fingerprint density at radius 2 is 2.18 bits per heavy atom. The molecule has 0 radical (unpaired) electrons. The summed E-state index contributed by atoms with van der Waals surface area (Å²) >= 11 is 0. The fraction of sp³-hybridized carbons (Fsp3) is 0.462. The molecule has 0 saturated carbocycles. The lowest BCUT2D eigenvalue weighted by Crippen LogP contribution is -2.19. The van der Waals surface area contributed by atoms with Gasteiger partial charge >= 0.3 is 0 Å². The van der Waals surface area contributed by atoms with Crippen LogP contribution in [0.5, 0.6) is 0 Å². The molecule has 0 aliphatic rings. The van der Waals surface area contributed by atoms with Crippen LogP contribution in [0.1, 0.15) is 25.3 Å². The van der Waals surface area contributed by atoms with Crippen LogP contribution in [0.3, 0.4) is 0 Å². The summed E-state index contributed by atoms with van der Waals surface area (Å²) in [5.41, 5.74) is 7.40. The predicted molar refractivity (Wildman–Crippen MR) is 68.7 cm³/mol. The number of para-hydroxylation sites is 1. The molecule has 94 valence electrons. The molecule has 1 aromatic carbocycles. The van der Waals surface area contributed by atoms with Gasteiger partial charge in [0.2, 0.25) is 5.91 Å². The topological polar surface area (TPSA) is 64.3 Å². The summed E-state index contributed by atoms with van der Waals surface area (Å²) in [6.45, 7) is 2.38. The van der Waals surface area contributed by atoms with Gasteiger partial charge in [-0.05, 0) is 19.4 Å². The third kappa shape index (κ3) is 4.97. The quantitative estimate of drug-likeness (QED) is 0.793. The highest BCUT2D eigenvalue weighted by Crippen LogP contribution is 2.16. The number of carbonyl (C=O) groups excluding carboxylic acids is 1. The van der Waals surface area contributed by atoms with Gasteiger partial charge in [0.25, 0.3) is 0 Å². The first kappa shape index (κ1) is 13.7. The normalized spacial score (nSPS) is 12.2. The van der Waals surface area contributed by atoms with E-state index in [1.807, 2.05) is 31.2 Å². The molecule has 17 heavy (non-hydrogen) atoms. The number of ether oxygens (including phenoxy) is 1. The number of nitrogens with one attached hydrogen (secondary N) is 1. The summed E-state index contributed by atoms with van der Waals surface area (Å²) in [5.74, 6) is -0.00847. The number of hydrogen-bond donors (Lipinski definition) is 2. The fourth-order valence-corrected chi connectivity index (χ4v) is 1.50. The number of rotatable bonds is 6. The van der Waals surface area contributed by atoms with E-state index in [0.29, 0.717) is 19.4 Å². The summed E-state index contributed by atoms with van der Waals surface area (Å²) in [6.07, 6.45) is 1.14. The molecule has 0 aliphatic heterocycles. The summed E-state index contributed by atoms with van der Waals surface area (Å²) in [6, 6.07) is 7.67. The minimum atomic E-state index is -0.00847. The number of anilines is 1. The van der Waals surface area contributed by atoms with Gasteiger partial charge in [0.1, 0.15) is 0 Å². The Balaban J connectivity index is 2.58.